The molecule has 1 unspecified atom stereocenters. The minimum Gasteiger partial charge on any atom is -0.508 e. The summed E-state index contributed by atoms with van der Waals surface area (Å²) < 4.78 is 18.3. The fraction of sp³-hybridized carbons (Fsp3) is 0.286. The van der Waals surface area contributed by atoms with E-state index in [4.69, 9.17) is 4.42 Å². The molecule has 0 saturated carbocycles. The van der Waals surface area contributed by atoms with Crippen molar-refractivity contribution in [1.82, 2.24) is 5.32 Å². The Hall–Kier alpha value is -1.81. The van der Waals surface area contributed by atoms with E-state index < -0.39 is 5.82 Å². The Bertz CT molecular complexity index is 536. The summed E-state index contributed by atoms with van der Waals surface area (Å²) in [5.41, 5.74) is 0.666. The first kappa shape index (κ1) is 12.6. The second-order valence-electron chi connectivity index (χ2n) is 4.32. The van der Waals surface area contributed by atoms with Crippen molar-refractivity contribution in [2.45, 2.75) is 26.4 Å². The number of halogens is 1. The van der Waals surface area contributed by atoms with Gasteiger partial charge in [0.2, 0.25) is 0 Å². The first-order valence-corrected chi connectivity index (χ1v) is 5.83. The SMILES string of the molecule is Cc1ccc(CNC(C)c2ccc(F)cc2O)o1. The number of hydrogen-bond acceptors (Lipinski definition) is 3. The summed E-state index contributed by atoms with van der Waals surface area (Å²) in [7, 11) is 0. The molecule has 0 amide bonds. The zero-order valence-electron chi connectivity index (χ0n) is 10.4. The Labute approximate surface area is 105 Å². The molecule has 0 saturated heterocycles. The highest BCUT2D eigenvalue weighted by Gasteiger charge is 2.11. The molecular weight excluding hydrogens is 233 g/mol. The second kappa shape index (κ2) is 5.23. The van der Waals surface area contributed by atoms with E-state index >= 15 is 0 Å². The van der Waals surface area contributed by atoms with Crippen molar-refractivity contribution in [1.29, 1.82) is 0 Å². The van der Waals surface area contributed by atoms with Gasteiger partial charge in [0.15, 0.2) is 0 Å². The highest BCUT2D eigenvalue weighted by Crippen LogP contribution is 2.24. The minimum absolute atomic E-state index is 0.0365. The van der Waals surface area contributed by atoms with Gasteiger partial charge in [-0.1, -0.05) is 6.07 Å². The summed E-state index contributed by atoms with van der Waals surface area (Å²) in [6.45, 7) is 4.35. The molecule has 1 aromatic heterocycles. The third-order valence-corrected chi connectivity index (χ3v) is 2.84. The molecule has 0 aliphatic rings. The van der Waals surface area contributed by atoms with Crippen LogP contribution in [0.15, 0.2) is 34.7 Å². The van der Waals surface area contributed by atoms with Crippen molar-refractivity contribution in [3.8, 4) is 5.75 Å². The molecule has 2 N–H and O–H groups in total. The zero-order valence-corrected chi connectivity index (χ0v) is 10.4. The van der Waals surface area contributed by atoms with Gasteiger partial charge in [-0.15, -0.1) is 0 Å². The van der Waals surface area contributed by atoms with Gasteiger partial charge < -0.3 is 14.8 Å². The van der Waals surface area contributed by atoms with E-state index in [0.717, 1.165) is 17.6 Å². The molecule has 0 fully saturated rings. The monoisotopic (exact) mass is 249 g/mol. The third kappa shape index (κ3) is 2.90. The van der Waals surface area contributed by atoms with Crippen molar-refractivity contribution >= 4 is 0 Å². The molecule has 18 heavy (non-hydrogen) atoms. The number of rotatable bonds is 4. The maximum Gasteiger partial charge on any atom is 0.126 e. The highest BCUT2D eigenvalue weighted by molar-refractivity contribution is 5.34. The van der Waals surface area contributed by atoms with E-state index in [1.807, 2.05) is 26.0 Å². The van der Waals surface area contributed by atoms with Gasteiger partial charge in [-0.2, -0.15) is 0 Å². The molecule has 2 rings (SSSR count). The van der Waals surface area contributed by atoms with Crippen LogP contribution in [0.25, 0.3) is 0 Å². The number of nitrogens with one attached hydrogen (secondary N) is 1. The highest BCUT2D eigenvalue weighted by atomic mass is 19.1. The van der Waals surface area contributed by atoms with E-state index in [9.17, 15) is 9.50 Å². The molecule has 0 aliphatic heterocycles. The van der Waals surface area contributed by atoms with Gasteiger partial charge in [0.05, 0.1) is 6.54 Å². The summed E-state index contributed by atoms with van der Waals surface area (Å²) in [4.78, 5) is 0. The number of benzene rings is 1. The van der Waals surface area contributed by atoms with Crippen LogP contribution in [0, 0.1) is 12.7 Å². The van der Waals surface area contributed by atoms with Crippen molar-refractivity contribution in [3.63, 3.8) is 0 Å². The Morgan fingerprint density at radius 1 is 1.33 bits per heavy atom. The van der Waals surface area contributed by atoms with Crippen LogP contribution in [0.5, 0.6) is 5.75 Å². The van der Waals surface area contributed by atoms with Gasteiger partial charge in [-0.3, -0.25) is 0 Å². The molecule has 0 spiro atoms. The van der Waals surface area contributed by atoms with Crippen molar-refractivity contribution in [3.05, 3.63) is 53.2 Å². The maximum atomic E-state index is 12.9. The zero-order chi connectivity index (χ0) is 13.1. The molecule has 0 bridgehead atoms. The Morgan fingerprint density at radius 2 is 2.11 bits per heavy atom. The van der Waals surface area contributed by atoms with Crippen LogP contribution in [-0.4, -0.2) is 5.11 Å². The van der Waals surface area contributed by atoms with Gasteiger partial charge in [0.1, 0.15) is 23.1 Å². The maximum absolute atomic E-state index is 12.9. The van der Waals surface area contributed by atoms with Crippen LogP contribution < -0.4 is 5.32 Å². The average molecular weight is 249 g/mol. The van der Waals surface area contributed by atoms with Crippen LogP contribution in [0.4, 0.5) is 4.39 Å². The predicted octanol–water partition coefficient (Wildman–Crippen LogP) is 3.28. The molecule has 1 heterocycles. The average Bonchev–Trinajstić information content (AvgIpc) is 2.72. The topological polar surface area (TPSA) is 45.4 Å². The molecule has 1 atom stereocenters. The molecule has 1 aromatic carbocycles. The standard InChI is InChI=1S/C14H16FNO2/c1-9-3-5-12(18-9)8-16-10(2)13-6-4-11(15)7-14(13)17/h3-7,10,16-17H,8H2,1-2H3. The third-order valence-electron chi connectivity index (χ3n) is 2.84. The van der Waals surface area contributed by atoms with E-state index in [2.05, 4.69) is 5.32 Å². The Kier molecular flexibility index (Phi) is 3.67. The first-order chi connectivity index (χ1) is 8.56. The second-order valence-corrected chi connectivity index (χ2v) is 4.32. The van der Waals surface area contributed by atoms with Crippen LogP contribution >= 0.6 is 0 Å². The van der Waals surface area contributed by atoms with Gasteiger partial charge in [0, 0.05) is 17.7 Å². The molecule has 0 aliphatic carbocycles. The molecule has 0 radical (unpaired) electrons. The number of phenolic OH excluding ortho intramolecular Hbond substituents is 1. The largest absolute Gasteiger partial charge is 0.508 e. The number of aryl methyl sites for hydroxylation is 1. The summed E-state index contributed by atoms with van der Waals surface area (Å²) in [6.07, 6.45) is 0. The van der Waals surface area contributed by atoms with Gasteiger partial charge >= 0.3 is 0 Å². The van der Waals surface area contributed by atoms with Crippen LogP contribution in [-0.2, 0) is 6.54 Å². The smallest absolute Gasteiger partial charge is 0.126 e. The quantitative estimate of drug-likeness (QED) is 0.874. The van der Waals surface area contributed by atoms with Gasteiger partial charge in [0.25, 0.3) is 0 Å². The molecule has 4 heteroatoms. The van der Waals surface area contributed by atoms with Crippen molar-refractivity contribution in [2.75, 3.05) is 0 Å². The summed E-state index contributed by atoms with van der Waals surface area (Å²) >= 11 is 0. The van der Waals surface area contributed by atoms with E-state index in [0.29, 0.717) is 12.1 Å². The van der Waals surface area contributed by atoms with Crippen LogP contribution in [0.3, 0.4) is 0 Å². The number of furan rings is 1. The van der Waals surface area contributed by atoms with Crippen molar-refractivity contribution in [2.24, 2.45) is 0 Å². The molecule has 3 nitrogen and oxygen atoms in total. The van der Waals surface area contributed by atoms with Crippen molar-refractivity contribution < 1.29 is 13.9 Å². The molecule has 2 aromatic rings. The lowest BCUT2D eigenvalue weighted by atomic mass is 10.1. The van der Waals surface area contributed by atoms with Crippen LogP contribution in [0.1, 0.15) is 30.0 Å². The number of aromatic hydroxyl groups is 1. The first-order valence-electron chi connectivity index (χ1n) is 5.83. The molecular formula is C14H16FNO2. The predicted molar refractivity (Wildman–Crippen MR) is 66.8 cm³/mol. The molecule has 96 valence electrons. The summed E-state index contributed by atoms with van der Waals surface area (Å²) in [5.74, 6) is 1.22. The summed E-state index contributed by atoms with van der Waals surface area (Å²) in [6, 6.07) is 7.75. The fourth-order valence-corrected chi connectivity index (χ4v) is 1.83. The van der Waals surface area contributed by atoms with Gasteiger partial charge in [-0.25, -0.2) is 4.39 Å². The normalized spacial score (nSPS) is 12.6. The lowest BCUT2D eigenvalue weighted by Crippen LogP contribution is -2.17. The fourth-order valence-electron chi connectivity index (χ4n) is 1.83. The Balaban J connectivity index is 2.01. The van der Waals surface area contributed by atoms with E-state index in [-0.39, 0.29) is 11.8 Å². The minimum atomic E-state index is -0.440. The lowest BCUT2D eigenvalue weighted by molar-refractivity contribution is 0.425. The van der Waals surface area contributed by atoms with E-state index in [1.165, 1.54) is 6.07 Å². The van der Waals surface area contributed by atoms with Gasteiger partial charge in [-0.05, 0) is 32.0 Å². The Morgan fingerprint density at radius 3 is 2.72 bits per heavy atom. The number of hydrogen-bond donors (Lipinski definition) is 2. The van der Waals surface area contributed by atoms with Crippen LogP contribution in [0.2, 0.25) is 0 Å². The number of phenols is 1. The summed E-state index contributed by atoms with van der Waals surface area (Å²) in [5, 5.41) is 12.9. The lowest BCUT2D eigenvalue weighted by Gasteiger charge is -2.14. The van der Waals surface area contributed by atoms with E-state index in [1.54, 1.807) is 6.07 Å².